The topological polar surface area (TPSA) is 70.1 Å². The molecule has 2 heterocycles. The zero-order valence-corrected chi connectivity index (χ0v) is 20.5. The van der Waals surface area contributed by atoms with Gasteiger partial charge in [-0.1, -0.05) is 18.9 Å². The Morgan fingerprint density at radius 1 is 0.895 bits per heavy atom. The smallest absolute Gasteiger partial charge is 0.434 e. The number of benzene rings is 1. The van der Waals surface area contributed by atoms with Gasteiger partial charge in [-0.05, 0) is 68.3 Å². The zero-order chi connectivity index (χ0) is 27.9. The molecule has 0 atom stereocenters. The highest BCUT2D eigenvalue weighted by molar-refractivity contribution is 5.82. The number of carbonyl (C=O) groups is 2. The quantitative estimate of drug-likeness (QED) is 0.468. The molecule has 3 fully saturated rings. The summed E-state index contributed by atoms with van der Waals surface area (Å²) < 4.78 is 95.1. The van der Waals surface area contributed by atoms with Crippen molar-refractivity contribution in [2.45, 2.75) is 87.3 Å². The number of amides is 1. The highest BCUT2D eigenvalue weighted by Gasteiger charge is 2.60. The van der Waals surface area contributed by atoms with Crippen LogP contribution >= 0.6 is 0 Å². The van der Waals surface area contributed by atoms with Crippen molar-refractivity contribution < 1.29 is 50.2 Å². The molecule has 1 amide bonds. The Labute approximate surface area is 214 Å². The van der Waals surface area contributed by atoms with E-state index in [1.165, 1.54) is 12.1 Å². The molecule has 6 nitrogen and oxygen atoms in total. The van der Waals surface area contributed by atoms with Crippen LogP contribution in [0.1, 0.15) is 62.5 Å². The first-order valence-corrected chi connectivity index (χ1v) is 12.5. The number of hydrogen-bond donors (Lipinski definition) is 1. The van der Waals surface area contributed by atoms with Crippen molar-refractivity contribution in [1.82, 2.24) is 9.80 Å². The first-order valence-electron chi connectivity index (χ1n) is 12.5. The van der Waals surface area contributed by atoms with Crippen molar-refractivity contribution in [3.63, 3.8) is 0 Å². The Bertz CT molecular complexity index is 1030. The van der Waals surface area contributed by atoms with E-state index >= 15 is 0 Å². The van der Waals surface area contributed by atoms with Gasteiger partial charge in [0, 0.05) is 25.2 Å². The molecule has 0 unspecified atom stereocenters. The molecule has 1 N–H and O–H groups in total. The summed E-state index contributed by atoms with van der Waals surface area (Å²) >= 11 is 0. The minimum absolute atomic E-state index is 0.0890. The SMILES string of the molecule is O=C(OC(C(F)(F)F)C(F)(F)F)N1CCC2(CCCN2Cc2cc(F)cc(C3(C(=O)O)CCCC3)c2)CC1. The van der Waals surface area contributed by atoms with Crippen molar-refractivity contribution in [2.24, 2.45) is 0 Å². The maximum atomic E-state index is 14.6. The lowest BCUT2D eigenvalue weighted by Crippen LogP contribution is -2.54. The van der Waals surface area contributed by atoms with Crippen molar-refractivity contribution in [3.8, 4) is 0 Å². The highest BCUT2D eigenvalue weighted by Crippen LogP contribution is 2.44. The van der Waals surface area contributed by atoms with E-state index in [0.29, 0.717) is 56.3 Å². The number of hydrogen-bond acceptors (Lipinski definition) is 4. The average Bonchev–Trinajstić information content (AvgIpc) is 3.45. The third kappa shape index (κ3) is 5.57. The summed E-state index contributed by atoms with van der Waals surface area (Å²) in [6.45, 7) is 0.752. The zero-order valence-electron chi connectivity index (χ0n) is 20.5. The summed E-state index contributed by atoms with van der Waals surface area (Å²) in [5.41, 5.74) is -0.578. The standard InChI is InChI=1S/C25H29F7N2O4/c26-18-13-16(12-17(14-18)23(20(35)36)5-1-2-6-23)15-34-9-3-4-22(34)7-10-33(11-8-22)21(37)38-19(24(27,28)29)25(30,31)32/h12-14,19H,1-11,15H2,(H,35,36). The maximum Gasteiger partial charge on any atom is 0.434 e. The van der Waals surface area contributed by atoms with Crippen LogP contribution in [0.4, 0.5) is 35.5 Å². The number of alkyl halides is 6. The Morgan fingerprint density at radius 3 is 2.05 bits per heavy atom. The number of rotatable bonds is 5. The van der Waals surface area contributed by atoms with Gasteiger partial charge < -0.3 is 14.7 Å². The molecule has 1 aliphatic carbocycles. The van der Waals surface area contributed by atoms with Crippen molar-refractivity contribution >= 4 is 12.1 Å². The number of carboxylic acids is 1. The van der Waals surface area contributed by atoms with E-state index in [2.05, 4.69) is 9.64 Å². The molecule has 3 aliphatic rings. The first-order chi connectivity index (χ1) is 17.7. The second kappa shape index (κ2) is 10.2. The van der Waals surface area contributed by atoms with Gasteiger partial charge in [0.2, 0.25) is 0 Å². The molecule has 1 aromatic carbocycles. The molecule has 2 saturated heterocycles. The highest BCUT2D eigenvalue weighted by atomic mass is 19.4. The molecule has 38 heavy (non-hydrogen) atoms. The molecule has 1 aromatic rings. The lowest BCUT2D eigenvalue weighted by molar-refractivity contribution is -0.308. The molecule has 0 aromatic heterocycles. The van der Waals surface area contributed by atoms with Crippen LogP contribution in [0.2, 0.25) is 0 Å². The normalized spacial score (nSPS) is 21.8. The third-order valence-corrected chi connectivity index (χ3v) is 8.26. The summed E-state index contributed by atoms with van der Waals surface area (Å²) in [4.78, 5) is 27.2. The number of nitrogens with zero attached hydrogens (tertiary/aromatic N) is 2. The molecular formula is C25H29F7N2O4. The lowest BCUT2D eigenvalue weighted by Gasteiger charge is -2.45. The number of carboxylic acid groups (broad SMARTS) is 1. The lowest BCUT2D eigenvalue weighted by atomic mass is 9.78. The van der Waals surface area contributed by atoms with Gasteiger partial charge in [-0.2, -0.15) is 26.3 Å². The third-order valence-electron chi connectivity index (χ3n) is 8.26. The number of ether oxygens (including phenoxy) is 1. The summed E-state index contributed by atoms with van der Waals surface area (Å²) in [5.74, 6) is -1.53. The van der Waals surface area contributed by atoms with E-state index in [-0.39, 0.29) is 13.1 Å². The Morgan fingerprint density at radius 2 is 1.50 bits per heavy atom. The Hall–Kier alpha value is -2.57. The summed E-state index contributed by atoms with van der Waals surface area (Å²) in [7, 11) is 0. The largest absolute Gasteiger partial charge is 0.481 e. The first kappa shape index (κ1) is 28.4. The van der Waals surface area contributed by atoms with Gasteiger partial charge in [0.15, 0.2) is 0 Å². The van der Waals surface area contributed by atoms with E-state index in [9.17, 15) is 45.4 Å². The van der Waals surface area contributed by atoms with Crippen LogP contribution < -0.4 is 0 Å². The number of piperidine rings is 1. The van der Waals surface area contributed by atoms with E-state index < -0.39 is 47.3 Å². The van der Waals surface area contributed by atoms with Crippen LogP contribution in [0, 0.1) is 5.82 Å². The van der Waals surface area contributed by atoms with Gasteiger partial charge in [0.05, 0.1) is 5.41 Å². The van der Waals surface area contributed by atoms with E-state index in [1.807, 2.05) is 0 Å². The predicted octanol–water partition coefficient (Wildman–Crippen LogP) is 5.78. The minimum Gasteiger partial charge on any atom is -0.481 e. The van der Waals surface area contributed by atoms with Gasteiger partial charge >= 0.3 is 24.4 Å². The van der Waals surface area contributed by atoms with Gasteiger partial charge in [0.1, 0.15) is 5.82 Å². The average molecular weight is 555 g/mol. The summed E-state index contributed by atoms with van der Waals surface area (Å²) in [6, 6.07) is 4.33. The van der Waals surface area contributed by atoms with Gasteiger partial charge in [-0.25, -0.2) is 9.18 Å². The van der Waals surface area contributed by atoms with Crippen LogP contribution in [-0.4, -0.2) is 70.6 Å². The molecule has 0 bridgehead atoms. The number of likely N-dealkylation sites (tertiary alicyclic amines) is 2. The van der Waals surface area contributed by atoms with E-state index in [4.69, 9.17) is 0 Å². The number of aliphatic carboxylic acids is 1. The van der Waals surface area contributed by atoms with Crippen molar-refractivity contribution in [3.05, 3.63) is 35.1 Å². The van der Waals surface area contributed by atoms with Gasteiger partial charge in [0.25, 0.3) is 6.10 Å². The second-order valence-electron chi connectivity index (χ2n) is 10.5. The van der Waals surface area contributed by atoms with Crippen LogP contribution in [0.3, 0.4) is 0 Å². The van der Waals surface area contributed by atoms with Crippen LogP contribution in [0.25, 0.3) is 0 Å². The monoisotopic (exact) mass is 554 g/mol. The van der Waals surface area contributed by atoms with Gasteiger partial charge in [-0.15, -0.1) is 0 Å². The van der Waals surface area contributed by atoms with Crippen LogP contribution in [0.15, 0.2) is 18.2 Å². The molecule has 4 rings (SSSR count). The maximum absolute atomic E-state index is 14.6. The Balaban J connectivity index is 1.45. The number of halogens is 7. The fourth-order valence-electron chi connectivity index (χ4n) is 6.25. The Kier molecular flexibility index (Phi) is 7.63. The summed E-state index contributed by atoms with van der Waals surface area (Å²) in [6.07, 6.45) is -13.0. The van der Waals surface area contributed by atoms with E-state index in [0.717, 1.165) is 24.2 Å². The number of carbonyl (C=O) groups excluding carboxylic acids is 1. The molecular weight excluding hydrogens is 525 g/mol. The molecule has 13 heteroatoms. The second-order valence-corrected chi connectivity index (χ2v) is 10.5. The molecule has 1 spiro atoms. The van der Waals surface area contributed by atoms with Gasteiger partial charge in [-0.3, -0.25) is 9.69 Å². The molecule has 0 radical (unpaired) electrons. The molecule has 1 saturated carbocycles. The summed E-state index contributed by atoms with van der Waals surface area (Å²) in [5, 5.41) is 9.90. The predicted molar refractivity (Wildman–Crippen MR) is 120 cm³/mol. The fraction of sp³-hybridized carbons (Fsp3) is 0.680. The van der Waals surface area contributed by atoms with Crippen molar-refractivity contribution in [1.29, 1.82) is 0 Å². The molecule has 2 aliphatic heterocycles. The minimum atomic E-state index is -5.78. The van der Waals surface area contributed by atoms with Crippen molar-refractivity contribution in [2.75, 3.05) is 19.6 Å². The van der Waals surface area contributed by atoms with Crippen LogP contribution in [-0.2, 0) is 21.5 Å². The van der Waals surface area contributed by atoms with Crippen LogP contribution in [0.5, 0.6) is 0 Å². The van der Waals surface area contributed by atoms with E-state index in [1.54, 1.807) is 6.07 Å². The fourth-order valence-corrected chi connectivity index (χ4v) is 6.25. The molecule has 212 valence electrons.